The average Bonchev–Trinajstić information content (AvgIpc) is 2.96. The monoisotopic (exact) mass is 309 g/mol. The Hall–Kier alpha value is -0.950. The number of nitrogens with two attached hydrogens (primary N) is 1. The number of carbonyl (C=O) groups excluding carboxylic acids is 1. The van der Waals surface area contributed by atoms with Gasteiger partial charge < -0.3 is 15.4 Å². The van der Waals surface area contributed by atoms with E-state index in [-0.39, 0.29) is 5.91 Å². The van der Waals surface area contributed by atoms with Crippen LogP contribution >= 0.6 is 11.3 Å². The Balaban J connectivity index is 1.69. The summed E-state index contributed by atoms with van der Waals surface area (Å²) in [5.41, 5.74) is 5.95. The van der Waals surface area contributed by atoms with Crippen molar-refractivity contribution in [3.8, 4) is 0 Å². The lowest BCUT2D eigenvalue weighted by Crippen LogP contribution is -2.59. The van der Waals surface area contributed by atoms with Crippen molar-refractivity contribution in [2.75, 3.05) is 32.8 Å². The van der Waals surface area contributed by atoms with Crippen LogP contribution in [0.3, 0.4) is 0 Å². The number of hydrogen-bond donors (Lipinski definition) is 1. The number of ether oxygens (including phenoxy) is 1. The quantitative estimate of drug-likeness (QED) is 0.906. The standard InChI is InChI=1S/C15H23N3O2S/c1-2-17-4-3-14-13(9-17)18(5-6-20-14)8-12-7-11(10-21-12)15(16)19/h7,10,13-14H,2-6,8-9H2,1H3,(H2,16,19)/t13-,14+/m0/s1. The number of primary amides is 1. The van der Waals surface area contributed by atoms with Crippen molar-refractivity contribution in [2.24, 2.45) is 5.73 Å². The van der Waals surface area contributed by atoms with Gasteiger partial charge in [-0.2, -0.15) is 0 Å². The summed E-state index contributed by atoms with van der Waals surface area (Å²) in [6, 6.07) is 2.39. The van der Waals surface area contributed by atoms with Gasteiger partial charge in [0.15, 0.2) is 0 Å². The average molecular weight is 309 g/mol. The predicted octanol–water partition coefficient (Wildman–Crippen LogP) is 1.14. The predicted molar refractivity (Wildman–Crippen MR) is 83.5 cm³/mol. The third-order valence-electron chi connectivity index (χ3n) is 4.53. The largest absolute Gasteiger partial charge is 0.375 e. The minimum Gasteiger partial charge on any atom is -0.375 e. The molecular weight excluding hydrogens is 286 g/mol. The fourth-order valence-electron chi connectivity index (χ4n) is 3.28. The number of likely N-dealkylation sites (N-methyl/N-ethyl adjacent to an activating group) is 1. The third-order valence-corrected chi connectivity index (χ3v) is 5.45. The van der Waals surface area contributed by atoms with E-state index in [4.69, 9.17) is 10.5 Å². The molecule has 21 heavy (non-hydrogen) atoms. The molecule has 0 bridgehead atoms. The number of morpholine rings is 1. The van der Waals surface area contributed by atoms with Crippen molar-refractivity contribution in [2.45, 2.75) is 32.0 Å². The molecule has 5 nitrogen and oxygen atoms in total. The van der Waals surface area contributed by atoms with E-state index in [0.717, 1.165) is 45.8 Å². The van der Waals surface area contributed by atoms with Gasteiger partial charge in [-0.25, -0.2) is 0 Å². The molecule has 1 aromatic rings. The van der Waals surface area contributed by atoms with Crippen molar-refractivity contribution in [3.63, 3.8) is 0 Å². The molecule has 2 N–H and O–H groups in total. The second-order valence-corrected chi connectivity index (χ2v) is 6.79. The summed E-state index contributed by atoms with van der Waals surface area (Å²) in [5.74, 6) is -0.341. The Kier molecular flexibility index (Phi) is 4.59. The maximum Gasteiger partial charge on any atom is 0.249 e. The summed E-state index contributed by atoms with van der Waals surface area (Å²) >= 11 is 1.62. The molecule has 2 atom stereocenters. The van der Waals surface area contributed by atoms with Crippen LogP contribution in [0.5, 0.6) is 0 Å². The van der Waals surface area contributed by atoms with Gasteiger partial charge in [-0.1, -0.05) is 6.92 Å². The van der Waals surface area contributed by atoms with E-state index in [1.807, 2.05) is 11.4 Å². The fraction of sp³-hybridized carbons (Fsp3) is 0.667. The zero-order valence-electron chi connectivity index (χ0n) is 12.5. The molecule has 0 unspecified atom stereocenters. The molecule has 116 valence electrons. The Bertz CT molecular complexity index is 505. The minimum atomic E-state index is -0.341. The van der Waals surface area contributed by atoms with E-state index in [9.17, 15) is 4.79 Å². The molecule has 0 aromatic carbocycles. The van der Waals surface area contributed by atoms with E-state index in [0.29, 0.717) is 17.7 Å². The number of thiophene rings is 1. The maximum atomic E-state index is 11.2. The van der Waals surface area contributed by atoms with Gasteiger partial charge in [-0.15, -0.1) is 11.3 Å². The van der Waals surface area contributed by atoms with Gasteiger partial charge in [0.2, 0.25) is 5.91 Å². The van der Waals surface area contributed by atoms with E-state index >= 15 is 0 Å². The van der Waals surface area contributed by atoms with Gasteiger partial charge in [-0.05, 0) is 19.0 Å². The molecule has 0 aliphatic carbocycles. The summed E-state index contributed by atoms with van der Waals surface area (Å²) in [7, 11) is 0. The first kappa shape index (κ1) is 15.0. The second kappa shape index (κ2) is 6.44. The van der Waals surface area contributed by atoms with E-state index in [2.05, 4.69) is 16.7 Å². The highest BCUT2D eigenvalue weighted by Gasteiger charge is 2.36. The molecule has 2 aliphatic heterocycles. The Morgan fingerprint density at radius 2 is 2.38 bits per heavy atom. The van der Waals surface area contributed by atoms with Crippen LogP contribution in [0.25, 0.3) is 0 Å². The fourth-order valence-corrected chi connectivity index (χ4v) is 4.18. The molecule has 0 radical (unpaired) electrons. The van der Waals surface area contributed by atoms with Gasteiger partial charge in [0, 0.05) is 42.5 Å². The zero-order chi connectivity index (χ0) is 14.8. The molecule has 1 aromatic heterocycles. The molecule has 2 aliphatic rings. The molecule has 2 saturated heterocycles. The lowest BCUT2D eigenvalue weighted by Gasteiger charge is -2.46. The molecule has 0 saturated carbocycles. The first-order chi connectivity index (χ1) is 10.2. The van der Waals surface area contributed by atoms with Crippen LogP contribution in [-0.4, -0.2) is 60.6 Å². The normalized spacial score (nSPS) is 27.5. The molecule has 3 heterocycles. The van der Waals surface area contributed by atoms with Gasteiger partial charge in [0.1, 0.15) is 0 Å². The van der Waals surface area contributed by atoms with Crippen molar-refractivity contribution < 1.29 is 9.53 Å². The van der Waals surface area contributed by atoms with Gasteiger partial charge in [0.05, 0.1) is 18.3 Å². The summed E-state index contributed by atoms with van der Waals surface area (Å²) in [6.07, 6.45) is 1.48. The number of nitrogens with zero attached hydrogens (tertiary/aromatic N) is 2. The van der Waals surface area contributed by atoms with Crippen LogP contribution in [-0.2, 0) is 11.3 Å². The number of fused-ring (bicyclic) bond motifs is 1. The first-order valence-electron chi connectivity index (χ1n) is 7.62. The van der Waals surface area contributed by atoms with E-state index in [1.54, 1.807) is 11.3 Å². The van der Waals surface area contributed by atoms with Crippen molar-refractivity contribution >= 4 is 17.2 Å². The molecule has 3 rings (SSSR count). The number of hydrogen-bond acceptors (Lipinski definition) is 5. The minimum absolute atomic E-state index is 0.341. The number of rotatable bonds is 4. The highest BCUT2D eigenvalue weighted by molar-refractivity contribution is 7.10. The van der Waals surface area contributed by atoms with Crippen LogP contribution in [0.2, 0.25) is 0 Å². The van der Waals surface area contributed by atoms with Crippen LogP contribution in [0, 0.1) is 0 Å². The SMILES string of the molecule is CCN1CC[C@H]2OCCN(Cc3cc(C(N)=O)cs3)[C@H]2C1. The van der Waals surface area contributed by atoms with E-state index in [1.165, 1.54) is 4.88 Å². The van der Waals surface area contributed by atoms with Gasteiger partial charge in [0.25, 0.3) is 0 Å². The zero-order valence-corrected chi connectivity index (χ0v) is 13.3. The molecular formula is C15H23N3O2S. The number of carbonyl (C=O) groups is 1. The van der Waals surface area contributed by atoms with Crippen LogP contribution in [0.1, 0.15) is 28.6 Å². The Labute approximate surface area is 129 Å². The highest BCUT2D eigenvalue weighted by Crippen LogP contribution is 2.26. The molecule has 0 spiro atoms. The summed E-state index contributed by atoms with van der Waals surface area (Å²) in [5, 5.41) is 1.86. The Morgan fingerprint density at radius 1 is 1.52 bits per heavy atom. The van der Waals surface area contributed by atoms with Crippen molar-refractivity contribution in [1.29, 1.82) is 0 Å². The summed E-state index contributed by atoms with van der Waals surface area (Å²) < 4.78 is 5.95. The van der Waals surface area contributed by atoms with Gasteiger partial charge in [-0.3, -0.25) is 9.69 Å². The summed E-state index contributed by atoms with van der Waals surface area (Å²) in [6.45, 7) is 8.18. The number of likely N-dealkylation sites (tertiary alicyclic amines) is 1. The van der Waals surface area contributed by atoms with Crippen LogP contribution in [0.4, 0.5) is 0 Å². The van der Waals surface area contributed by atoms with Crippen molar-refractivity contribution in [3.05, 3.63) is 21.9 Å². The second-order valence-electron chi connectivity index (χ2n) is 5.79. The number of amides is 1. The van der Waals surface area contributed by atoms with Crippen LogP contribution < -0.4 is 5.73 Å². The lowest BCUT2D eigenvalue weighted by atomic mass is 9.98. The smallest absolute Gasteiger partial charge is 0.249 e. The summed E-state index contributed by atoms with van der Waals surface area (Å²) in [4.78, 5) is 17.4. The van der Waals surface area contributed by atoms with E-state index < -0.39 is 0 Å². The van der Waals surface area contributed by atoms with Gasteiger partial charge >= 0.3 is 0 Å². The van der Waals surface area contributed by atoms with Crippen LogP contribution in [0.15, 0.2) is 11.4 Å². The maximum absolute atomic E-state index is 11.2. The molecule has 1 amide bonds. The topological polar surface area (TPSA) is 58.8 Å². The molecule has 6 heteroatoms. The first-order valence-corrected chi connectivity index (χ1v) is 8.50. The van der Waals surface area contributed by atoms with Crippen molar-refractivity contribution in [1.82, 2.24) is 9.80 Å². The highest BCUT2D eigenvalue weighted by atomic mass is 32.1. The third kappa shape index (κ3) is 3.29. The molecule has 2 fully saturated rings. The lowest BCUT2D eigenvalue weighted by molar-refractivity contribution is -0.105. The number of piperidine rings is 1. The Morgan fingerprint density at radius 3 is 3.10 bits per heavy atom.